The molecule has 7 nitrogen and oxygen atoms in total. The highest BCUT2D eigenvalue weighted by molar-refractivity contribution is 5.77. The molecule has 7 heteroatoms. The number of primary amides is 1. The largest absolute Gasteiger partial charge is 0.369 e. The fourth-order valence-electron chi connectivity index (χ4n) is 2.88. The first kappa shape index (κ1) is 16.2. The van der Waals surface area contributed by atoms with Crippen molar-refractivity contribution in [3.63, 3.8) is 0 Å². The molecular formula is C14H26N4O3. The van der Waals surface area contributed by atoms with Crippen molar-refractivity contribution >= 4 is 11.8 Å². The van der Waals surface area contributed by atoms with Crippen molar-refractivity contribution in [2.45, 2.75) is 37.8 Å². The lowest BCUT2D eigenvalue weighted by Crippen LogP contribution is -2.47. The predicted molar refractivity (Wildman–Crippen MR) is 78.6 cm³/mol. The zero-order chi connectivity index (χ0) is 15.1. The second-order valence-corrected chi connectivity index (χ2v) is 5.84. The molecule has 0 atom stereocenters. The fourth-order valence-corrected chi connectivity index (χ4v) is 2.88. The summed E-state index contributed by atoms with van der Waals surface area (Å²) in [5, 5.41) is 6.28. The third kappa shape index (κ3) is 5.99. The number of nitrogens with zero attached hydrogens (tertiary/aromatic N) is 1. The molecule has 0 unspecified atom stereocenters. The van der Waals surface area contributed by atoms with Crippen molar-refractivity contribution < 1.29 is 14.3 Å². The summed E-state index contributed by atoms with van der Waals surface area (Å²) in [6.45, 7) is 3.97. The van der Waals surface area contributed by atoms with Gasteiger partial charge in [-0.15, -0.1) is 0 Å². The van der Waals surface area contributed by atoms with E-state index in [0.29, 0.717) is 6.54 Å². The summed E-state index contributed by atoms with van der Waals surface area (Å²) in [5.41, 5.74) is 5.18. The van der Waals surface area contributed by atoms with Gasteiger partial charge in [-0.25, -0.2) is 0 Å². The molecule has 2 heterocycles. The van der Waals surface area contributed by atoms with Crippen LogP contribution in [-0.2, 0) is 14.3 Å². The van der Waals surface area contributed by atoms with E-state index in [1.165, 1.54) is 0 Å². The number of carbonyl (C=O) groups excluding carboxylic acids is 2. The second kappa shape index (κ2) is 8.31. The highest BCUT2D eigenvalue weighted by Gasteiger charge is 2.22. The van der Waals surface area contributed by atoms with Gasteiger partial charge in [0.25, 0.3) is 0 Å². The van der Waals surface area contributed by atoms with Gasteiger partial charge in [0, 0.05) is 19.1 Å². The molecule has 2 aliphatic heterocycles. The van der Waals surface area contributed by atoms with Crippen LogP contribution in [0.1, 0.15) is 25.7 Å². The zero-order valence-corrected chi connectivity index (χ0v) is 12.5. The summed E-state index contributed by atoms with van der Waals surface area (Å²) in [6.07, 6.45) is 3.85. The van der Waals surface area contributed by atoms with E-state index in [-0.39, 0.29) is 30.6 Å². The van der Waals surface area contributed by atoms with Crippen molar-refractivity contribution in [3.8, 4) is 0 Å². The third-order valence-corrected chi connectivity index (χ3v) is 4.07. The Labute approximate surface area is 125 Å². The first-order chi connectivity index (χ1) is 10.1. The summed E-state index contributed by atoms with van der Waals surface area (Å²) in [6, 6.07) is 0.179. The number of amides is 2. The lowest BCUT2D eigenvalue weighted by atomic mass is 10.1. The van der Waals surface area contributed by atoms with Crippen LogP contribution >= 0.6 is 0 Å². The molecule has 0 saturated carbocycles. The number of ether oxygens (including phenoxy) is 1. The van der Waals surface area contributed by atoms with Gasteiger partial charge in [-0.1, -0.05) is 0 Å². The summed E-state index contributed by atoms with van der Waals surface area (Å²) in [7, 11) is 0. The number of hydrogen-bond donors (Lipinski definition) is 3. The maximum Gasteiger partial charge on any atom is 0.246 e. The number of rotatable bonds is 6. The Morgan fingerprint density at radius 2 is 1.86 bits per heavy atom. The van der Waals surface area contributed by atoms with Gasteiger partial charge < -0.3 is 21.1 Å². The number of carbonyl (C=O) groups is 2. The molecule has 21 heavy (non-hydrogen) atoms. The van der Waals surface area contributed by atoms with Gasteiger partial charge in [-0.05, 0) is 38.8 Å². The van der Waals surface area contributed by atoms with Crippen LogP contribution in [-0.4, -0.2) is 68.2 Å². The molecule has 0 aromatic heterocycles. The molecule has 2 saturated heterocycles. The number of likely N-dealkylation sites (tertiary alicyclic amines) is 1. The summed E-state index contributed by atoms with van der Waals surface area (Å²) >= 11 is 0. The van der Waals surface area contributed by atoms with Crippen molar-refractivity contribution in [1.29, 1.82) is 0 Å². The van der Waals surface area contributed by atoms with E-state index in [4.69, 9.17) is 10.5 Å². The molecule has 0 radical (unpaired) electrons. The molecule has 2 rings (SSSR count). The predicted octanol–water partition coefficient (Wildman–Crippen LogP) is -1.18. The minimum atomic E-state index is -0.298. The number of piperidine rings is 2. The Hall–Kier alpha value is -1.18. The molecule has 4 N–H and O–H groups in total. The Morgan fingerprint density at radius 1 is 1.19 bits per heavy atom. The smallest absolute Gasteiger partial charge is 0.246 e. The topological polar surface area (TPSA) is 96.7 Å². The Bertz CT molecular complexity index is 350. The summed E-state index contributed by atoms with van der Waals surface area (Å²) in [5.74, 6) is -0.338. The molecule has 2 fully saturated rings. The Kier molecular flexibility index (Phi) is 6.41. The van der Waals surface area contributed by atoms with E-state index in [1.807, 2.05) is 4.90 Å². The average Bonchev–Trinajstić information content (AvgIpc) is 2.48. The maximum absolute atomic E-state index is 11.9. The van der Waals surface area contributed by atoms with Crippen LogP contribution in [0, 0.1) is 0 Å². The normalized spacial score (nSPS) is 22.1. The van der Waals surface area contributed by atoms with E-state index in [2.05, 4.69) is 10.6 Å². The second-order valence-electron chi connectivity index (χ2n) is 5.84. The van der Waals surface area contributed by atoms with Gasteiger partial charge in [0.2, 0.25) is 11.8 Å². The third-order valence-electron chi connectivity index (χ3n) is 4.07. The van der Waals surface area contributed by atoms with Gasteiger partial charge >= 0.3 is 0 Å². The highest BCUT2D eigenvalue weighted by atomic mass is 16.5. The van der Waals surface area contributed by atoms with E-state index >= 15 is 0 Å². The monoisotopic (exact) mass is 298 g/mol. The first-order valence-corrected chi connectivity index (χ1v) is 7.76. The van der Waals surface area contributed by atoms with Crippen LogP contribution in [0.3, 0.4) is 0 Å². The number of nitrogens with one attached hydrogen (secondary N) is 2. The maximum atomic E-state index is 11.9. The SMILES string of the molecule is NC(=O)CN1CCC(NC(=O)COC2CCNCC2)CC1. The van der Waals surface area contributed by atoms with Crippen LogP contribution in [0.4, 0.5) is 0 Å². The Balaban J connectivity index is 1.59. The quantitative estimate of drug-likeness (QED) is 0.574. The molecule has 2 aliphatic rings. The minimum Gasteiger partial charge on any atom is -0.369 e. The van der Waals surface area contributed by atoms with Gasteiger partial charge in [0.05, 0.1) is 12.6 Å². The lowest BCUT2D eigenvalue weighted by Gasteiger charge is -2.31. The van der Waals surface area contributed by atoms with Gasteiger partial charge in [-0.2, -0.15) is 0 Å². The summed E-state index contributed by atoms with van der Waals surface area (Å²) < 4.78 is 5.64. The van der Waals surface area contributed by atoms with Crippen molar-refractivity contribution in [2.24, 2.45) is 5.73 Å². The zero-order valence-electron chi connectivity index (χ0n) is 12.5. The average molecular weight is 298 g/mol. The van der Waals surface area contributed by atoms with Crippen molar-refractivity contribution in [1.82, 2.24) is 15.5 Å². The standard InChI is InChI=1S/C14H26N4O3/c15-13(19)9-18-7-3-11(4-8-18)17-14(20)10-21-12-1-5-16-6-2-12/h11-12,16H,1-10H2,(H2,15,19)(H,17,20). The molecule has 0 bridgehead atoms. The minimum absolute atomic E-state index is 0.0399. The molecular weight excluding hydrogens is 272 g/mol. The van der Waals surface area contributed by atoms with E-state index < -0.39 is 0 Å². The summed E-state index contributed by atoms with van der Waals surface area (Å²) in [4.78, 5) is 24.8. The molecule has 2 amide bonds. The van der Waals surface area contributed by atoms with Crippen molar-refractivity contribution in [3.05, 3.63) is 0 Å². The molecule has 0 aromatic rings. The molecule has 0 aliphatic carbocycles. The van der Waals surface area contributed by atoms with Gasteiger partial charge in [0.15, 0.2) is 0 Å². The molecule has 0 aromatic carbocycles. The molecule has 0 spiro atoms. The fraction of sp³-hybridized carbons (Fsp3) is 0.857. The molecule has 120 valence electrons. The first-order valence-electron chi connectivity index (χ1n) is 7.76. The highest BCUT2D eigenvalue weighted by Crippen LogP contribution is 2.10. The van der Waals surface area contributed by atoms with E-state index in [1.54, 1.807) is 0 Å². The van der Waals surface area contributed by atoms with Crippen LogP contribution in [0.15, 0.2) is 0 Å². The van der Waals surface area contributed by atoms with Crippen LogP contribution < -0.4 is 16.4 Å². The van der Waals surface area contributed by atoms with Crippen molar-refractivity contribution in [2.75, 3.05) is 39.3 Å². The van der Waals surface area contributed by atoms with Crippen LogP contribution in [0.25, 0.3) is 0 Å². The van der Waals surface area contributed by atoms with Crippen LogP contribution in [0.5, 0.6) is 0 Å². The number of hydrogen-bond acceptors (Lipinski definition) is 5. The number of nitrogens with two attached hydrogens (primary N) is 1. The Morgan fingerprint density at radius 3 is 2.48 bits per heavy atom. The van der Waals surface area contributed by atoms with Crippen LogP contribution in [0.2, 0.25) is 0 Å². The van der Waals surface area contributed by atoms with E-state index in [0.717, 1.165) is 51.9 Å². The van der Waals surface area contributed by atoms with Gasteiger partial charge in [-0.3, -0.25) is 14.5 Å². The van der Waals surface area contributed by atoms with Gasteiger partial charge in [0.1, 0.15) is 6.61 Å². The lowest BCUT2D eigenvalue weighted by molar-refractivity contribution is -0.129. The van der Waals surface area contributed by atoms with E-state index in [9.17, 15) is 9.59 Å².